The number of fused-ring (bicyclic) bond motifs is 1. The van der Waals surface area contributed by atoms with Gasteiger partial charge in [0, 0.05) is 12.0 Å². The van der Waals surface area contributed by atoms with Crippen LogP contribution in [0.1, 0.15) is 120 Å². The smallest absolute Gasteiger partial charge is 0.303 e. The number of benzene rings is 1. The van der Waals surface area contributed by atoms with Crippen molar-refractivity contribution in [1.82, 2.24) is 0 Å². The zero-order chi connectivity index (χ0) is 25.0. The van der Waals surface area contributed by atoms with Gasteiger partial charge in [0.05, 0.1) is 6.61 Å². The summed E-state index contributed by atoms with van der Waals surface area (Å²) < 4.78 is 12.9. The SMILES string of the molecule is CCCCCCC/C=C/C1(C)CCc2c(C)c(OCCCCCCCC(=O)O)c(C)c(C)c2O1. The van der Waals surface area contributed by atoms with E-state index in [0.29, 0.717) is 6.61 Å². The van der Waals surface area contributed by atoms with Gasteiger partial charge >= 0.3 is 5.97 Å². The molecule has 0 radical (unpaired) electrons. The van der Waals surface area contributed by atoms with Crippen molar-refractivity contribution in [2.24, 2.45) is 0 Å². The van der Waals surface area contributed by atoms with Crippen LogP contribution >= 0.6 is 0 Å². The van der Waals surface area contributed by atoms with Crippen molar-refractivity contribution in [3.8, 4) is 11.5 Å². The van der Waals surface area contributed by atoms with Gasteiger partial charge in [-0.2, -0.15) is 0 Å². The molecule has 1 N–H and O–H groups in total. The third-order valence-corrected chi connectivity index (χ3v) is 7.24. The molecule has 0 aromatic heterocycles. The monoisotopic (exact) mass is 472 g/mol. The van der Waals surface area contributed by atoms with Gasteiger partial charge in [-0.25, -0.2) is 0 Å². The molecular formula is C30H48O4. The van der Waals surface area contributed by atoms with Crippen molar-refractivity contribution in [2.45, 2.75) is 130 Å². The molecule has 1 atom stereocenters. The Morgan fingerprint density at radius 2 is 1.65 bits per heavy atom. The molecule has 1 aliphatic rings. The first-order chi connectivity index (χ1) is 16.3. The molecule has 1 aromatic rings. The van der Waals surface area contributed by atoms with Crippen molar-refractivity contribution >= 4 is 5.97 Å². The summed E-state index contributed by atoms with van der Waals surface area (Å²) in [6.45, 7) is 11.7. The van der Waals surface area contributed by atoms with Crippen LogP contribution in [0.5, 0.6) is 11.5 Å². The van der Waals surface area contributed by atoms with Crippen LogP contribution in [0.3, 0.4) is 0 Å². The Morgan fingerprint density at radius 1 is 0.971 bits per heavy atom. The molecule has 0 fully saturated rings. The predicted octanol–water partition coefficient (Wildman–Crippen LogP) is 8.42. The van der Waals surface area contributed by atoms with Gasteiger partial charge in [-0.15, -0.1) is 0 Å². The van der Waals surface area contributed by atoms with Gasteiger partial charge < -0.3 is 14.6 Å². The fourth-order valence-electron chi connectivity index (χ4n) is 4.87. The van der Waals surface area contributed by atoms with Crippen LogP contribution in [0.25, 0.3) is 0 Å². The number of hydrogen-bond donors (Lipinski definition) is 1. The molecule has 192 valence electrons. The highest BCUT2D eigenvalue weighted by Gasteiger charge is 2.32. The minimum absolute atomic E-state index is 0.233. The first-order valence-electron chi connectivity index (χ1n) is 13.6. The fraction of sp³-hybridized carbons (Fsp3) is 0.700. The molecule has 1 unspecified atom stereocenters. The molecule has 2 rings (SSSR count). The van der Waals surface area contributed by atoms with Crippen LogP contribution in [0, 0.1) is 20.8 Å². The lowest BCUT2D eigenvalue weighted by atomic mass is 9.86. The van der Waals surface area contributed by atoms with Crippen LogP contribution < -0.4 is 9.47 Å². The molecular weight excluding hydrogens is 424 g/mol. The Balaban J connectivity index is 1.90. The van der Waals surface area contributed by atoms with Crippen LogP contribution in [-0.4, -0.2) is 23.3 Å². The van der Waals surface area contributed by atoms with Crippen molar-refractivity contribution in [1.29, 1.82) is 0 Å². The van der Waals surface area contributed by atoms with E-state index < -0.39 is 5.97 Å². The maximum Gasteiger partial charge on any atom is 0.303 e. The summed E-state index contributed by atoms with van der Waals surface area (Å²) in [6, 6.07) is 0. The van der Waals surface area contributed by atoms with E-state index in [2.05, 4.69) is 46.8 Å². The Bertz CT molecular complexity index is 811. The maximum absolute atomic E-state index is 10.6. The highest BCUT2D eigenvalue weighted by molar-refractivity contribution is 5.66. The van der Waals surface area contributed by atoms with Gasteiger partial charge in [-0.1, -0.05) is 57.9 Å². The summed E-state index contributed by atoms with van der Waals surface area (Å²) >= 11 is 0. The van der Waals surface area contributed by atoms with Crippen molar-refractivity contribution in [3.63, 3.8) is 0 Å². The molecule has 4 nitrogen and oxygen atoms in total. The molecule has 0 aliphatic carbocycles. The largest absolute Gasteiger partial charge is 0.493 e. The Morgan fingerprint density at radius 3 is 2.38 bits per heavy atom. The van der Waals surface area contributed by atoms with E-state index in [0.717, 1.165) is 62.9 Å². The number of allylic oxidation sites excluding steroid dienone is 1. The van der Waals surface area contributed by atoms with Crippen LogP contribution in [-0.2, 0) is 11.2 Å². The molecule has 0 bridgehead atoms. The molecule has 1 heterocycles. The number of hydrogen-bond acceptors (Lipinski definition) is 3. The van der Waals surface area contributed by atoms with E-state index >= 15 is 0 Å². The maximum atomic E-state index is 10.6. The Kier molecular flexibility index (Phi) is 12.0. The molecule has 1 aromatic carbocycles. The van der Waals surface area contributed by atoms with Crippen molar-refractivity contribution < 1.29 is 19.4 Å². The van der Waals surface area contributed by atoms with E-state index in [4.69, 9.17) is 14.6 Å². The molecule has 0 amide bonds. The lowest BCUT2D eigenvalue weighted by Gasteiger charge is -2.36. The average Bonchev–Trinajstić information content (AvgIpc) is 2.80. The number of carboxylic acids is 1. The van der Waals surface area contributed by atoms with Gasteiger partial charge in [-0.3, -0.25) is 4.79 Å². The first kappa shape index (κ1) is 28.3. The van der Waals surface area contributed by atoms with Crippen molar-refractivity contribution in [2.75, 3.05) is 6.61 Å². The van der Waals surface area contributed by atoms with Crippen LogP contribution in [0.4, 0.5) is 0 Å². The van der Waals surface area contributed by atoms with Gasteiger partial charge in [0.2, 0.25) is 0 Å². The number of aliphatic carboxylic acids is 1. The standard InChI is InChI=1S/C30H48O4/c1-6-7-8-9-10-13-16-20-30(5)21-19-26-25(4)28(23(2)24(3)29(26)34-30)33-22-17-14-11-12-15-18-27(31)32/h16,20H,6-15,17-19,21-22H2,1-5H3,(H,31,32)/b20-16+. The Hall–Kier alpha value is -1.97. The molecule has 34 heavy (non-hydrogen) atoms. The summed E-state index contributed by atoms with van der Waals surface area (Å²) in [6.07, 6.45) is 19.5. The van der Waals surface area contributed by atoms with E-state index in [1.54, 1.807) is 0 Å². The topological polar surface area (TPSA) is 55.8 Å². The van der Waals surface area contributed by atoms with Gasteiger partial charge in [-0.05, 0) is 89.0 Å². The minimum Gasteiger partial charge on any atom is -0.493 e. The predicted molar refractivity (Wildman–Crippen MR) is 141 cm³/mol. The third kappa shape index (κ3) is 8.67. The quantitative estimate of drug-likeness (QED) is 0.194. The third-order valence-electron chi connectivity index (χ3n) is 7.24. The summed E-state index contributed by atoms with van der Waals surface area (Å²) in [5.41, 5.74) is 4.67. The normalized spacial score (nSPS) is 17.6. The van der Waals surface area contributed by atoms with E-state index in [1.165, 1.54) is 54.4 Å². The lowest BCUT2D eigenvalue weighted by Crippen LogP contribution is -2.35. The number of unbranched alkanes of at least 4 members (excludes halogenated alkanes) is 9. The van der Waals surface area contributed by atoms with E-state index in [-0.39, 0.29) is 12.0 Å². The van der Waals surface area contributed by atoms with Gasteiger partial charge in [0.1, 0.15) is 17.1 Å². The Labute approximate surface area is 208 Å². The summed E-state index contributed by atoms with van der Waals surface area (Å²) in [5, 5.41) is 8.72. The number of carboxylic acid groups (broad SMARTS) is 1. The highest BCUT2D eigenvalue weighted by Crippen LogP contribution is 2.44. The molecule has 0 saturated carbocycles. The molecule has 0 saturated heterocycles. The minimum atomic E-state index is -0.699. The van der Waals surface area contributed by atoms with E-state index in [1.807, 2.05) is 0 Å². The summed E-state index contributed by atoms with van der Waals surface area (Å²) in [5.74, 6) is 1.38. The van der Waals surface area contributed by atoms with Crippen molar-refractivity contribution in [3.05, 3.63) is 34.4 Å². The number of carbonyl (C=O) groups is 1. The molecule has 1 aliphatic heterocycles. The van der Waals surface area contributed by atoms with Crippen LogP contribution in [0.2, 0.25) is 0 Å². The highest BCUT2D eigenvalue weighted by atomic mass is 16.5. The molecule has 4 heteroatoms. The van der Waals surface area contributed by atoms with Gasteiger partial charge in [0.15, 0.2) is 0 Å². The van der Waals surface area contributed by atoms with E-state index in [9.17, 15) is 4.79 Å². The second-order valence-electron chi connectivity index (χ2n) is 10.3. The summed E-state index contributed by atoms with van der Waals surface area (Å²) in [4.78, 5) is 10.6. The van der Waals surface area contributed by atoms with Gasteiger partial charge in [0.25, 0.3) is 0 Å². The number of ether oxygens (including phenoxy) is 2. The number of rotatable bonds is 16. The van der Waals surface area contributed by atoms with Crippen LogP contribution in [0.15, 0.2) is 12.2 Å². The summed E-state index contributed by atoms with van der Waals surface area (Å²) in [7, 11) is 0. The second kappa shape index (κ2) is 14.4. The first-order valence-corrected chi connectivity index (χ1v) is 13.6. The zero-order valence-electron chi connectivity index (χ0n) is 22.4. The zero-order valence-corrected chi connectivity index (χ0v) is 22.4. The molecule has 0 spiro atoms. The fourth-order valence-corrected chi connectivity index (χ4v) is 4.87. The lowest BCUT2D eigenvalue weighted by molar-refractivity contribution is -0.137. The average molecular weight is 473 g/mol. The second-order valence-corrected chi connectivity index (χ2v) is 10.3.